The van der Waals surface area contributed by atoms with Crippen LogP contribution in [0.5, 0.6) is 11.5 Å². The van der Waals surface area contributed by atoms with Gasteiger partial charge in [-0.2, -0.15) is 17.6 Å². The molecule has 10 heteroatoms. The molecule has 0 aliphatic carbocycles. The van der Waals surface area contributed by atoms with Crippen molar-refractivity contribution >= 4 is 23.4 Å². The molecule has 0 fully saturated rings. The SMILES string of the molecule is COc1ccc(NC(=O)c2cccnc2SC(F)F)cc1OC(F)F. The van der Waals surface area contributed by atoms with E-state index in [1.807, 2.05) is 0 Å². The minimum absolute atomic E-state index is 0.0496. The maximum absolute atomic E-state index is 12.5. The van der Waals surface area contributed by atoms with Gasteiger partial charge >= 0.3 is 6.61 Å². The molecule has 0 unspecified atom stereocenters. The van der Waals surface area contributed by atoms with Gasteiger partial charge in [-0.25, -0.2) is 4.98 Å². The topological polar surface area (TPSA) is 60.5 Å². The van der Waals surface area contributed by atoms with Crippen molar-refractivity contribution in [2.45, 2.75) is 17.4 Å². The van der Waals surface area contributed by atoms with Crippen LogP contribution >= 0.6 is 11.8 Å². The summed E-state index contributed by atoms with van der Waals surface area (Å²) in [7, 11) is 1.27. The van der Waals surface area contributed by atoms with Crippen molar-refractivity contribution in [3.8, 4) is 11.5 Å². The third-order valence-corrected chi connectivity index (χ3v) is 3.58. The van der Waals surface area contributed by atoms with E-state index in [1.54, 1.807) is 0 Å². The van der Waals surface area contributed by atoms with Gasteiger partial charge in [-0.3, -0.25) is 4.79 Å². The van der Waals surface area contributed by atoms with Crippen molar-refractivity contribution < 1.29 is 31.8 Å². The fourth-order valence-electron chi connectivity index (χ4n) is 1.88. The highest BCUT2D eigenvalue weighted by Crippen LogP contribution is 2.32. The number of amides is 1. The number of aromatic nitrogens is 1. The minimum atomic E-state index is -3.08. The molecule has 5 nitrogen and oxygen atoms in total. The number of thioether (sulfide) groups is 1. The van der Waals surface area contributed by atoms with Gasteiger partial charge in [-0.1, -0.05) is 0 Å². The number of ether oxygens (including phenoxy) is 2. The molecule has 25 heavy (non-hydrogen) atoms. The summed E-state index contributed by atoms with van der Waals surface area (Å²) in [5, 5.41) is 2.27. The average molecular weight is 376 g/mol. The highest BCUT2D eigenvalue weighted by molar-refractivity contribution is 7.99. The van der Waals surface area contributed by atoms with Crippen molar-refractivity contribution in [3.05, 3.63) is 42.1 Å². The summed E-state index contributed by atoms with van der Waals surface area (Å²) in [6, 6.07) is 6.60. The molecule has 0 aliphatic heterocycles. The lowest BCUT2D eigenvalue weighted by molar-refractivity contribution is -0.0511. The quantitative estimate of drug-likeness (QED) is 0.578. The molecule has 134 valence electrons. The molecule has 2 rings (SSSR count). The lowest BCUT2D eigenvalue weighted by Gasteiger charge is -2.13. The highest BCUT2D eigenvalue weighted by Gasteiger charge is 2.18. The number of alkyl halides is 4. The first-order valence-corrected chi connectivity index (χ1v) is 7.62. The first kappa shape index (κ1) is 18.8. The summed E-state index contributed by atoms with van der Waals surface area (Å²) in [5.41, 5.74) is 0.0539. The number of anilines is 1. The molecule has 1 heterocycles. The number of carbonyl (C=O) groups is 1. The van der Waals surface area contributed by atoms with E-state index in [0.717, 1.165) is 6.07 Å². The molecule has 0 spiro atoms. The van der Waals surface area contributed by atoms with E-state index in [-0.39, 0.29) is 39.5 Å². The van der Waals surface area contributed by atoms with E-state index < -0.39 is 18.3 Å². The number of nitrogens with zero attached hydrogens (tertiary/aromatic N) is 1. The monoisotopic (exact) mass is 376 g/mol. The van der Waals surface area contributed by atoms with Crippen molar-refractivity contribution in [2.75, 3.05) is 12.4 Å². The van der Waals surface area contributed by atoms with Crippen LogP contribution < -0.4 is 14.8 Å². The predicted octanol–water partition coefficient (Wildman–Crippen LogP) is 4.26. The molecule has 0 aliphatic rings. The normalized spacial score (nSPS) is 10.8. The van der Waals surface area contributed by atoms with E-state index >= 15 is 0 Å². The Labute approximate surface area is 144 Å². The fourth-order valence-corrected chi connectivity index (χ4v) is 2.46. The molecular formula is C15H12F4N2O3S. The van der Waals surface area contributed by atoms with E-state index in [4.69, 9.17) is 4.74 Å². The van der Waals surface area contributed by atoms with Gasteiger partial charge < -0.3 is 14.8 Å². The molecule has 0 radical (unpaired) electrons. The zero-order chi connectivity index (χ0) is 18.4. The lowest BCUT2D eigenvalue weighted by Crippen LogP contribution is -2.14. The van der Waals surface area contributed by atoms with Crippen molar-refractivity contribution in [2.24, 2.45) is 0 Å². The summed E-state index contributed by atoms with van der Waals surface area (Å²) in [4.78, 5) is 16.0. The van der Waals surface area contributed by atoms with Crippen LogP contribution in [0.15, 0.2) is 41.6 Å². The van der Waals surface area contributed by atoms with Gasteiger partial charge in [0.1, 0.15) is 5.03 Å². The van der Waals surface area contributed by atoms with Crippen molar-refractivity contribution in [1.82, 2.24) is 4.98 Å². The Morgan fingerprint density at radius 2 is 1.96 bits per heavy atom. The lowest BCUT2D eigenvalue weighted by atomic mass is 10.2. The molecule has 1 amide bonds. The van der Waals surface area contributed by atoms with Crippen LogP contribution in [0.25, 0.3) is 0 Å². The Morgan fingerprint density at radius 3 is 2.60 bits per heavy atom. The van der Waals surface area contributed by atoms with Crippen LogP contribution in [-0.4, -0.2) is 30.4 Å². The van der Waals surface area contributed by atoms with Crippen molar-refractivity contribution in [1.29, 1.82) is 0 Å². The second kappa shape index (κ2) is 8.56. The van der Waals surface area contributed by atoms with Gasteiger partial charge in [0.15, 0.2) is 11.5 Å². The molecule has 1 N–H and O–H groups in total. The Morgan fingerprint density at radius 1 is 1.20 bits per heavy atom. The van der Waals surface area contributed by atoms with Gasteiger partial charge in [0, 0.05) is 18.0 Å². The number of carbonyl (C=O) groups excluding carboxylic acids is 1. The number of rotatable bonds is 7. The number of hydrogen-bond acceptors (Lipinski definition) is 5. The Hall–Kier alpha value is -2.49. The van der Waals surface area contributed by atoms with Gasteiger partial charge in [0.05, 0.1) is 12.7 Å². The minimum Gasteiger partial charge on any atom is -0.493 e. The molecule has 0 saturated carbocycles. The Kier molecular flexibility index (Phi) is 6.45. The maximum atomic E-state index is 12.5. The zero-order valence-electron chi connectivity index (χ0n) is 12.7. The molecule has 0 bridgehead atoms. The third kappa shape index (κ3) is 5.24. The van der Waals surface area contributed by atoms with Gasteiger partial charge in [0.25, 0.3) is 11.7 Å². The average Bonchev–Trinajstić information content (AvgIpc) is 2.54. The fraction of sp³-hybridized carbons (Fsp3) is 0.200. The molecule has 1 aromatic heterocycles. The van der Waals surface area contributed by atoms with Crippen LogP contribution in [0.2, 0.25) is 0 Å². The van der Waals surface area contributed by atoms with Crippen LogP contribution in [0, 0.1) is 0 Å². The van der Waals surface area contributed by atoms with Crippen LogP contribution in [0.3, 0.4) is 0 Å². The van der Waals surface area contributed by atoms with Crippen molar-refractivity contribution in [3.63, 3.8) is 0 Å². The first-order valence-electron chi connectivity index (χ1n) is 6.74. The number of hydrogen-bond donors (Lipinski definition) is 1. The number of pyridine rings is 1. The van der Waals surface area contributed by atoms with E-state index in [9.17, 15) is 22.4 Å². The number of halogens is 4. The van der Waals surface area contributed by atoms with Gasteiger partial charge in [-0.15, -0.1) is 0 Å². The van der Waals surface area contributed by atoms with E-state index in [0.29, 0.717) is 0 Å². The largest absolute Gasteiger partial charge is 0.493 e. The summed E-state index contributed by atoms with van der Waals surface area (Å²) >= 11 is 0.132. The standard InChI is InChI=1S/C15H12F4N2O3S/c1-23-10-5-4-8(7-11(10)24-14(16)17)21-12(22)9-3-2-6-20-13(9)25-15(18)19/h2-7,14-15H,1H3,(H,21,22). The number of nitrogens with one attached hydrogen (secondary N) is 1. The smallest absolute Gasteiger partial charge is 0.387 e. The van der Waals surface area contributed by atoms with Crippen LogP contribution in [0.4, 0.5) is 23.2 Å². The van der Waals surface area contributed by atoms with Gasteiger partial charge in [0.2, 0.25) is 0 Å². The zero-order valence-corrected chi connectivity index (χ0v) is 13.5. The van der Waals surface area contributed by atoms with E-state index in [1.165, 1.54) is 37.6 Å². The summed E-state index contributed by atoms with van der Waals surface area (Å²) in [6.07, 6.45) is 1.28. The van der Waals surface area contributed by atoms with Crippen LogP contribution in [0.1, 0.15) is 10.4 Å². The molecule has 2 aromatic rings. The Bertz CT molecular complexity index is 746. The third-order valence-electron chi connectivity index (χ3n) is 2.85. The second-order valence-corrected chi connectivity index (χ2v) is 5.41. The maximum Gasteiger partial charge on any atom is 0.387 e. The Balaban J connectivity index is 2.23. The first-order chi connectivity index (χ1) is 11.9. The molecular weight excluding hydrogens is 364 g/mol. The second-order valence-electron chi connectivity index (χ2n) is 4.43. The van der Waals surface area contributed by atoms with Gasteiger partial charge in [-0.05, 0) is 36.0 Å². The molecule has 1 aromatic carbocycles. The molecule has 0 saturated heterocycles. The van der Waals surface area contributed by atoms with E-state index in [2.05, 4.69) is 15.0 Å². The molecule has 0 atom stereocenters. The number of methoxy groups -OCH3 is 1. The summed E-state index contributed by atoms with van der Waals surface area (Å²) in [5.74, 6) is -3.69. The predicted molar refractivity (Wildman–Crippen MR) is 83.7 cm³/mol. The number of benzene rings is 1. The summed E-state index contributed by atoms with van der Waals surface area (Å²) < 4.78 is 59.1. The van der Waals surface area contributed by atoms with Crippen LogP contribution in [-0.2, 0) is 0 Å². The highest BCUT2D eigenvalue weighted by atomic mass is 32.2. The summed E-state index contributed by atoms with van der Waals surface area (Å²) in [6.45, 7) is -3.08.